The Morgan fingerprint density at radius 1 is 1.24 bits per heavy atom. The molecule has 88 valence electrons. The molecule has 1 aliphatic rings. The number of carbonyl (C=O) groups is 1. The van der Waals surface area contributed by atoms with Crippen LogP contribution in [-0.2, 0) is 4.79 Å². The summed E-state index contributed by atoms with van der Waals surface area (Å²) >= 11 is 0. The number of rotatable bonds is 2. The molecular formula is C12H13N3O2. The first-order chi connectivity index (χ1) is 8.31. The molecule has 0 atom stereocenters. The Labute approximate surface area is 99.1 Å². The quantitative estimate of drug-likeness (QED) is 0.602. The maximum atomic E-state index is 12.1. The predicted molar refractivity (Wildman–Crippen MR) is 63.0 cm³/mol. The van der Waals surface area contributed by atoms with Gasteiger partial charge in [-0.15, -0.1) is 0 Å². The van der Waals surface area contributed by atoms with Gasteiger partial charge in [-0.1, -0.05) is 0 Å². The number of carbonyl (C=O) groups excluding carboxylic acids is 2. The Morgan fingerprint density at radius 2 is 1.88 bits per heavy atom. The van der Waals surface area contributed by atoms with Crippen molar-refractivity contribution in [1.82, 2.24) is 10.2 Å². The summed E-state index contributed by atoms with van der Waals surface area (Å²) < 4.78 is 0. The third-order valence-electron chi connectivity index (χ3n) is 2.69. The SMILES string of the molecule is O=C=Nc1ccc(C(=O)N2CCNCC2)cc1. The highest BCUT2D eigenvalue weighted by molar-refractivity contribution is 5.94. The molecule has 17 heavy (non-hydrogen) atoms. The van der Waals surface area contributed by atoms with E-state index in [1.165, 1.54) is 6.08 Å². The molecule has 1 saturated heterocycles. The Balaban J connectivity index is 2.10. The molecular weight excluding hydrogens is 218 g/mol. The van der Waals surface area contributed by atoms with E-state index in [2.05, 4.69) is 10.3 Å². The summed E-state index contributed by atoms with van der Waals surface area (Å²) in [5, 5.41) is 3.20. The molecule has 1 aliphatic heterocycles. The smallest absolute Gasteiger partial charge is 0.253 e. The Bertz CT molecular complexity index is 443. The predicted octanol–water partition coefficient (Wildman–Crippen LogP) is 0.699. The number of isocyanates is 1. The molecule has 1 aromatic carbocycles. The van der Waals surface area contributed by atoms with Gasteiger partial charge in [0.25, 0.3) is 5.91 Å². The number of aliphatic imine (C=N–C) groups is 1. The number of nitrogens with zero attached hydrogens (tertiary/aromatic N) is 2. The minimum Gasteiger partial charge on any atom is -0.336 e. The van der Waals surface area contributed by atoms with Crippen LogP contribution in [0.25, 0.3) is 0 Å². The van der Waals surface area contributed by atoms with E-state index >= 15 is 0 Å². The molecule has 0 bridgehead atoms. The van der Waals surface area contributed by atoms with E-state index in [-0.39, 0.29) is 5.91 Å². The third kappa shape index (κ3) is 2.78. The van der Waals surface area contributed by atoms with Crippen LogP contribution in [-0.4, -0.2) is 43.1 Å². The highest BCUT2D eigenvalue weighted by atomic mass is 16.2. The lowest BCUT2D eigenvalue weighted by Gasteiger charge is -2.27. The van der Waals surface area contributed by atoms with Crippen molar-refractivity contribution in [2.45, 2.75) is 0 Å². The molecule has 0 saturated carbocycles. The summed E-state index contributed by atoms with van der Waals surface area (Å²) in [5.74, 6) is 0.0214. The van der Waals surface area contributed by atoms with Crippen LogP contribution >= 0.6 is 0 Å². The normalized spacial score (nSPS) is 15.2. The van der Waals surface area contributed by atoms with Crippen LogP contribution in [0.5, 0.6) is 0 Å². The number of piperazine rings is 1. The van der Waals surface area contributed by atoms with Crippen molar-refractivity contribution in [3.8, 4) is 0 Å². The summed E-state index contributed by atoms with van der Waals surface area (Å²) in [6.45, 7) is 3.12. The van der Waals surface area contributed by atoms with Crippen molar-refractivity contribution in [3.05, 3.63) is 29.8 Å². The Kier molecular flexibility index (Phi) is 3.65. The van der Waals surface area contributed by atoms with E-state index in [0.29, 0.717) is 11.3 Å². The van der Waals surface area contributed by atoms with Gasteiger partial charge in [0.05, 0.1) is 5.69 Å². The first-order valence-electron chi connectivity index (χ1n) is 5.49. The van der Waals surface area contributed by atoms with Crippen molar-refractivity contribution in [2.75, 3.05) is 26.2 Å². The Hall–Kier alpha value is -1.97. The molecule has 1 aromatic rings. The van der Waals surface area contributed by atoms with Crippen LogP contribution in [0.4, 0.5) is 5.69 Å². The minimum atomic E-state index is 0.0214. The van der Waals surface area contributed by atoms with Gasteiger partial charge in [-0.25, -0.2) is 4.79 Å². The van der Waals surface area contributed by atoms with Crippen LogP contribution in [0, 0.1) is 0 Å². The molecule has 5 heteroatoms. The molecule has 2 rings (SSSR count). The molecule has 1 amide bonds. The van der Waals surface area contributed by atoms with Crippen molar-refractivity contribution in [1.29, 1.82) is 0 Å². The van der Waals surface area contributed by atoms with Gasteiger partial charge in [-0.3, -0.25) is 4.79 Å². The maximum absolute atomic E-state index is 12.1. The average molecular weight is 231 g/mol. The van der Waals surface area contributed by atoms with Crippen LogP contribution < -0.4 is 5.32 Å². The van der Waals surface area contributed by atoms with Gasteiger partial charge in [-0.2, -0.15) is 4.99 Å². The third-order valence-corrected chi connectivity index (χ3v) is 2.69. The summed E-state index contributed by atoms with van der Waals surface area (Å²) in [5.41, 5.74) is 1.13. The summed E-state index contributed by atoms with van der Waals surface area (Å²) in [7, 11) is 0. The van der Waals surface area contributed by atoms with E-state index in [1.54, 1.807) is 24.3 Å². The second kappa shape index (κ2) is 5.39. The van der Waals surface area contributed by atoms with E-state index in [4.69, 9.17) is 0 Å². The first kappa shape index (κ1) is 11.5. The molecule has 5 nitrogen and oxygen atoms in total. The van der Waals surface area contributed by atoms with E-state index in [0.717, 1.165) is 26.2 Å². The van der Waals surface area contributed by atoms with Crippen molar-refractivity contribution >= 4 is 17.7 Å². The fourth-order valence-electron chi connectivity index (χ4n) is 1.78. The summed E-state index contributed by atoms with van der Waals surface area (Å²) in [4.78, 5) is 27.4. The maximum Gasteiger partial charge on any atom is 0.253 e. The molecule has 0 unspecified atom stereocenters. The summed E-state index contributed by atoms with van der Waals surface area (Å²) in [6.07, 6.45) is 1.47. The van der Waals surface area contributed by atoms with E-state index < -0.39 is 0 Å². The lowest BCUT2D eigenvalue weighted by molar-refractivity contribution is 0.0736. The average Bonchev–Trinajstić information content (AvgIpc) is 2.40. The molecule has 1 heterocycles. The van der Waals surface area contributed by atoms with E-state index in [9.17, 15) is 9.59 Å². The lowest BCUT2D eigenvalue weighted by atomic mass is 10.1. The first-order valence-corrected chi connectivity index (χ1v) is 5.49. The fraction of sp³-hybridized carbons (Fsp3) is 0.333. The van der Waals surface area contributed by atoms with Gasteiger partial charge < -0.3 is 10.2 Å². The van der Waals surface area contributed by atoms with Gasteiger partial charge in [0, 0.05) is 31.7 Å². The van der Waals surface area contributed by atoms with Crippen molar-refractivity contribution < 1.29 is 9.59 Å². The van der Waals surface area contributed by atoms with Crippen LogP contribution in [0.3, 0.4) is 0 Å². The van der Waals surface area contributed by atoms with Gasteiger partial charge in [0.15, 0.2) is 0 Å². The zero-order chi connectivity index (χ0) is 12.1. The van der Waals surface area contributed by atoms with Crippen LogP contribution in [0.2, 0.25) is 0 Å². The Morgan fingerprint density at radius 3 is 2.47 bits per heavy atom. The van der Waals surface area contributed by atoms with Crippen LogP contribution in [0.1, 0.15) is 10.4 Å². The standard InChI is InChI=1S/C12H13N3O2/c16-9-14-11-3-1-10(2-4-11)12(17)15-7-5-13-6-8-15/h1-4,13H,5-8H2. The topological polar surface area (TPSA) is 61.8 Å². The molecule has 0 aromatic heterocycles. The second-order valence-corrected chi connectivity index (χ2v) is 3.79. The fourth-order valence-corrected chi connectivity index (χ4v) is 1.78. The van der Waals surface area contributed by atoms with Gasteiger partial charge in [-0.05, 0) is 24.3 Å². The van der Waals surface area contributed by atoms with E-state index in [1.807, 2.05) is 4.90 Å². The second-order valence-electron chi connectivity index (χ2n) is 3.79. The molecule has 0 aliphatic carbocycles. The highest BCUT2D eigenvalue weighted by Crippen LogP contribution is 2.13. The highest BCUT2D eigenvalue weighted by Gasteiger charge is 2.17. The lowest BCUT2D eigenvalue weighted by Crippen LogP contribution is -2.46. The monoisotopic (exact) mass is 231 g/mol. The largest absolute Gasteiger partial charge is 0.336 e. The van der Waals surface area contributed by atoms with Gasteiger partial charge in [0.2, 0.25) is 6.08 Å². The molecule has 1 fully saturated rings. The van der Waals surface area contributed by atoms with Gasteiger partial charge in [0.1, 0.15) is 0 Å². The number of amides is 1. The molecule has 1 N–H and O–H groups in total. The number of hydrogen-bond acceptors (Lipinski definition) is 4. The van der Waals surface area contributed by atoms with Crippen molar-refractivity contribution in [2.24, 2.45) is 4.99 Å². The zero-order valence-corrected chi connectivity index (χ0v) is 9.35. The minimum absolute atomic E-state index is 0.0214. The molecule has 0 radical (unpaired) electrons. The number of nitrogens with one attached hydrogen (secondary N) is 1. The zero-order valence-electron chi connectivity index (χ0n) is 9.35. The summed E-state index contributed by atoms with van der Waals surface area (Å²) in [6, 6.07) is 6.64. The number of hydrogen-bond donors (Lipinski definition) is 1. The van der Waals surface area contributed by atoms with Crippen LogP contribution in [0.15, 0.2) is 29.3 Å². The van der Waals surface area contributed by atoms with Crippen molar-refractivity contribution in [3.63, 3.8) is 0 Å². The molecule has 0 spiro atoms. The number of benzene rings is 1. The van der Waals surface area contributed by atoms with Gasteiger partial charge >= 0.3 is 0 Å².